The van der Waals surface area contributed by atoms with Gasteiger partial charge < -0.3 is 11.1 Å². The summed E-state index contributed by atoms with van der Waals surface area (Å²) in [6.45, 7) is 3.66. The van der Waals surface area contributed by atoms with Crippen LogP contribution in [0.2, 0.25) is 0 Å². The molecule has 1 atom stereocenters. The highest BCUT2D eigenvalue weighted by molar-refractivity contribution is 7.89. The Morgan fingerprint density at radius 1 is 1.38 bits per heavy atom. The molecule has 0 bridgehead atoms. The normalized spacial score (nSPS) is 13.2. The molecule has 0 saturated heterocycles. The molecule has 1 amide bonds. The zero-order valence-corrected chi connectivity index (χ0v) is 13.7. The Hall–Kier alpha value is -1.44. The monoisotopic (exact) mass is 313 g/mol. The van der Waals surface area contributed by atoms with Gasteiger partial charge in [-0.3, -0.25) is 4.79 Å². The molecule has 0 aliphatic heterocycles. The van der Waals surface area contributed by atoms with Crippen LogP contribution in [0.1, 0.15) is 25.3 Å². The summed E-state index contributed by atoms with van der Waals surface area (Å²) in [5.41, 5.74) is 6.79. The smallest absolute Gasteiger partial charge is 0.242 e. The number of amides is 1. The molecule has 1 rings (SSSR count). The molecule has 0 saturated carbocycles. The Labute approximate surface area is 126 Å². The highest BCUT2D eigenvalue weighted by atomic mass is 32.2. The highest BCUT2D eigenvalue weighted by Gasteiger charge is 2.21. The summed E-state index contributed by atoms with van der Waals surface area (Å²) in [4.78, 5) is 12.1. The van der Waals surface area contributed by atoms with Crippen LogP contribution in [-0.2, 0) is 14.8 Å². The van der Waals surface area contributed by atoms with Crippen LogP contribution in [0.25, 0.3) is 0 Å². The number of aryl methyl sites for hydroxylation is 1. The first-order chi connectivity index (χ1) is 9.70. The predicted octanol–water partition coefficient (Wildman–Crippen LogP) is 1.31. The lowest BCUT2D eigenvalue weighted by Gasteiger charge is -2.16. The number of carbonyl (C=O) groups excluding carboxylic acids is 1. The standard InChI is InChI=1S/C14H23N3O3S/c1-5-6-12(15)14(18)16-11-8-7-10(2)13(9-11)21(19,20)17(3)4/h7-9,12H,5-6,15H2,1-4H3,(H,16,18). The Balaban J connectivity index is 3.06. The van der Waals surface area contributed by atoms with E-state index in [-0.39, 0.29) is 10.8 Å². The zero-order valence-electron chi connectivity index (χ0n) is 12.9. The number of hydrogen-bond acceptors (Lipinski definition) is 4. The molecular formula is C14H23N3O3S. The minimum Gasteiger partial charge on any atom is -0.325 e. The first kappa shape index (κ1) is 17.6. The number of sulfonamides is 1. The summed E-state index contributed by atoms with van der Waals surface area (Å²) in [5, 5.41) is 2.66. The molecule has 21 heavy (non-hydrogen) atoms. The number of nitrogens with zero attached hydrogens (tertiary/aromatic N) is 1. The molecule has 118 valence electrons. The van der Waals surface area contributed by atoms with Crippen molar-refractivity contribution >= 4 is 21.6 Å². The fourth-order valence-electron chi connectivity index (χ4n) is 1.83. The quantitative estimate of drug-likeness (QED) is 0.828. The summed E-state index contributed by atoms with van der Waals surface area (Å²) in [5.74, 6) is -0.311. The molecule has 1 aromatic carbocycles. The van der Waals surface area contributed by atoms with Crippen LogP contribution in [0, 0.1) is 6.92 Å². The van der Waals surface area contributed by atoms with Gasteiger partial charge in [-0.15, -0.1) is 0 Å². The zero-order chi connectivity index (χ0) is 16.2. The molecule has 0 radical (unpaired) electrons. The third kappa shape index (κ3) is 4.26. The Kier molecular flexibility index (Phi) is 5.88. The lowest BCUT2D eigenvalue weighted by Crippen LogP contribution is -2.35. The van der Waals surface area contributed by atoms with Gasteiger partial charge in [-0.1, -0.05) is 19.4 Å². The Morgan fingerprint density at radius 3 is 2.52 bits per heavy atom. The summed E-state index contributed by atoms with van der Waals surface area (Å²) < 4.78 is 25.6. The number of nitrogens with two attached hydrogens (primary N) is 1. The van der Waals surface area contributed by atoms with E-state index in [2.05, 4.69) is 5.32 Å². The third-order valence-corrected chi connectivity index (χ3v) is 5.11. The molecular weight excluding hydrogens is 290 g/mol. The van der Waals surface area contributed by atoms with E-state index in [4.69, 9.17) is 5.73 Å². The molecule has 7 heteroatoms. The van der Waals surface area contributed by atoms with Gasteiger partial charge in [-0.05, 0) is 31.0 Å². The van der Waals surface area contributed by atoms with Crippen LogP contribution >= 0.6 is 0 Å². The number of anilines is 1. The molecule has 0 aliphatic carbocycles. The van der Waals surface area contributed by atoms with Crippen LogP contribution in [0.15, 0.2) is 23.1 Å². The second-order valence-corrected chi connectivity index (χ2v) is 7.27. The molecule has 0 aliphatic rings. The van der Waals surface area contributed by atoms with Crippen molar-refractivity contribution in [3.8, 4) is 0 Å². The SMILES string of the molecule is CCCC(N)C(=O)Nc1ccc(C)c(S(=O)(=O)N(C)C)c1. The van der Waals surface area contributed by atoms with Crippen molar-refractivity contribution in [2.45, 2.75) is 37.6 Å². The number of benzene rings is 1. The Morgan fingerprint density at radius 2 is 2.00 bits per heavy atom. The summed E-state index contributed by atoms with van der Waals surface area (Å²) in [7, 11) is -0.607. The van der Waals surface area contributed by atoms with Gasteiger partial charge in [0.25, 0.3) is 0 Å². The lowest BCUT2D eigenvalue weighted by atomic mass is 10.1. The maximum atomic E-state index is 12.2. The number of hydrogen-bond donors (Lipinski definition) is 2. The molecule has 6 nitrogen and oxygen atoms in total. The topological polar surface area (TPSA) is 92.5 Å². The summed E-state index contributed by atoms with van der Waals surface area (Å²) in [6, 6.07) is 4.20. The van der Waals surface area contributed by atoms with Crippen LogP contribution in [-0.4, -0.2) is 38.8 Å². The van der Waals surface area contributed by atoms with E-state index >= 15 is 0 Å². The summed E-state index contributed by atoms with van der Waals surface area (Å²) in [6.07, 6.45) is 1.39. The van der Waals surface area contributed by atoms with Crippen molar-refractivity contribution in [3.05, 3.63) is 23.8 Å². The van der Waals surface area contributed by atoms with E-state index < -0.39 is 16.1 Å². The van der Waals surface area contributed by atoms with E-state index in [9.17, 15) is 13.2 Å². The van der Waals surface area contributed by atoms with Gasteiger partial charge in [0.05, 0.1) is 10.9 Å². The molecule has 0 heterocycles. The third-order valence-electron chi connectivity index (χ3n) is 3.15. The molecule has 0 aromatic heterocycles. The number of rotatable bonds is 6. The van der Waals surface area contributed by atoms with Crippen molar-refractivity contribution < 1.29 is 13.2 Å². The van der Waals surface area contributed by atoms with Crippen molar-refractivity contribution in [2.24, 2.45) is 5.73 Å². The van der Waals surface area contributed by atoms with Crippen LogP contribution in [0.4, 0.5) is 5.69 Å². The van der Waals surface area contributed by atoms with Crippen molar-refractivity contribution in [1.29, 1.82) is 0 Å². The van der Waals surface area contributed by atoms with Gasteiger partial charge in [0.15, 0.2) is 0 Å². The largest absolute Gasteiger partial charge is 0.325 e. The first-order valence-electron chi connectivity index (χ1n) is 6.79. The maximum absolute atomic E-state index is 12.2. The van der Waals surface area contributed by atoms with Gasteiger partial charge in [0.2, 0.25) is 15.9 Å². The average Bonchev–Trinajstić information content (AvgIpc) is 2.40. The molecule has 0 spiro atoms. The fraction of sp³-hybridized carbons (Fsp3) is 0.500. The maximum Gasteiger partial charge on any atom is 0.242 e. The summed E-state index contributed by atoms with van der Waals surface area (Å²) >= 11 is 0. The second-order valence-electron chi connectivity index (χ2n) is 5.15. The van der Waals surface area contributed by atoms with E-state index in [1.807, 2.05) is 6.92 Å². The minimum absolute atomic E-state index is 0.175. The van der Waals surface area contributed by atoms with Crippen LogP contribution in [0.5, 0.6) is 0 Å². The van der Waals surface area contributed by atoms with E-state index in [1.54, 1.807) is 19.1 Å². The van der Waals surface area contributed by atoms with Crippen molar-refractivity contribution in [3.63, 3.8) is 0 Å². The number of carbonyl (C=O) groups is 1. The molecule has 1 unspecified atom stereocenters. The molecule has 1 aromatic rings. The van der Waals surface area contributed by atoms with Gasteiger partial charge in [-0.25, -0.2) is 12.7 Å². The van der Waals surface area contributed by atoms with Crippen LogP contribution < -0.4 is 11.1 Å². The van der Waals surface area contributed by atoms with Crippen molar-refractivity contribution in [1.82, 2.24) is 4.31 Å². The highest BCUT2D eigenvalue weighted by Crippen LogP contribution is 2.22. The number of nitrogens with one attached hydrogen (secondary N) is 1. The first-order valence-corrected chi connectivity index (χ1v) is 8.23. The van der Waals surface area contributed by atoms with Gasteiger partial charge in [0.1, 0.15) is 0 Å². The predicted molar refractivity (Wildman–Crippen MR) is 83.6 cm³/mol. The Bertz CT molecular complexity index is 612. The average molecular weight is 313 g/mol. The van der Waals surface area contributed by atoms with E-state index in [0.29, 0.717) is 17.7 Å². The van der Waals surface area contributed by atoms with E-state index in [1.165, 1.54) is 20.2 Å². The molecule has 0 fully saturated rings. The lowest BCUT2D eigenvalue weighted by molar-refractivity contribution is -0.117. The van der Waals surface area contributed by atoms with E-state index in [0.717, 1.165) is 10.7 Å². The second kappa shape index (κ2) is 7.02. The van der Waals surface area contributed by atoms with Gasteiger partial charge in [-0.2, -0.15) is 0 Å². The van der Waals surface area contributed by atoms with Gasteiger partial charge in [0, 0.05) is 19.8 Å². The van der Waals surface area contributed by atoms with Crippen molar-refractivity contribution in [2.75, 3.05) is 19.4 Å². The minimum atomic E-state index is -3.55. The van der Waals surface area contributed by atoms with Gasteiger partial charge >= 0.3 is 0 Å². The molecule has 3 N–H and O–H groups in total. The van der Waals surface area contributed by atoms with Crippen LogP contribution in [0.3, 0.4) is 0 Å². The fourth-order valence-corrected chi connectivity index (χ4v) is 2.97.